The first-order valence-electron chi connectivity index (χ1n) is 10.1. The number of ether oxygens (including phenoxy) is 2. The molecule has 2 rings (SSSR count). The number of hydrogen-bond acceptors (Lipinski definition) is 8. The van der Waals surface area contributed by atoms with E-state index in [4.69, 9.17) is 10.5 Å². The molecule has 1 aliphatic rings. The Balaban J connectivity index is 2.14. The monoisotopic (exact) mass is 487 g/mol. The molecule has 0 bridgehead atoms. The van der Waals surface area contributed by atoms with Gasteiger partial charge in [-0.15, -0.1) is 0 Å². The lowest BCUT2D eigenvalue weighted by Crippen LogP contribution is -2.61. The largest absolute Gasteiger partial charge is 0.491 e. The van der Waals surface area contributed by atoms with E-state index in [1.807, 2.05) is 0 Å². The second kappa shape index (κ2) is 11.1. The van der Waals surface area contributed by atoms with Crippen LogP contribution in [-0.4, -0.2) is 59.8 Å². The molecule has 0 saturated heterocycles. The van der Waals surface area contributed by atoms with Crippen LogP contribution in [0.1, 0.15) is 31.1 Å². The second-order valence-electron chi connectivity index (χ2n) is 7.46. The molecule has 186 valence electrons. The maximum Gasteiger partial charge on any atom is 0.491 e. The summed E-state index contributed by atoms with van der Waals surface area (Å²) >= 11 is 0. The van der Waals surface area contributed by atoms with Gasteiger partial charge in [-0.05, 0) is 30.5 Å². The fraction of sp³-hybridized carbons (Fsp3) is 0.429. The van der Waals surface area contributed by atoms with Crippen LogP contribution in [0.5, 0.6) is 0 Å². The van der Waals surface area contributed by atoms with Crippen LogP contribution < -0.4 is 16.4 Å². The average Bonchev–Trinajstić information content (AvgIpc) is 2.74. The molecule has 0 spiro atoms. The Bertz CT molecular complexity index is 979. The van der Waals surface area contributed by atoms with Gasteiger partial charge in [0, 0.05) is 13.5 Å². The molecule has 0 fully saturated rings. The van der Waals surface area contributed by atoms with Crippen molar-refractivity contribution < 1.29 is 46.9 Å². The zero-order chi connectivity index (χ0) is 25.6. The van der Waals surface area contributed by atoms with Gasteiger partial charge >= 0.3 is 18.1 Å². The molecule has 0 saturated carbocycles. The molecule has 34 heavy (non-hydrogen) atoms. The molecule has 1 aromatic rings. The van der Waals surface area contributed by atoms with Crippen molar-refractivity contribution in [3.05, 3.63) is 47.2 Å². The van der Waals surface area contributed by atoms with Crippen molar-refractivity contribution >= 4 is 23.8 Å². The normalized spacial score (nSPS) is 20.9. The number of nitrogens with one attached hydrogen (secondary N) is 2. The number of carbonyl (C=O) groups excluding carboxylic acids is 4. The number of rotatable bonds is 7. The van der Waals surface area contributed by atoms with E-state index >= 15 is 0 Å². The molecule has 0 aliphatic carbocycles. The number of nitrogens with two attached hydrogens (primary N) is 1. The summed E-state index contributed by atoms with van der Waals surface area (Å²) < 4.78 is 46.1. The third kappa shape index (κ3) is 7.02. The third-order valence-electron chi connectivity index (χ3n) is 4.78. The molecule has 4 atom stereocenters. The molecule has 1 heterocycles. The highest BCUT2D eigenvalue weighted by Gasteiger charge is 2.45. The predicted octanol–water partition coefficient (Wildman–Crippen LogP) is 0.145. The van der Waals surface area contributed by atoms with Gasteiger partial charge < -0.3 is 30.9 Å². The molecule has 0 radical (unpaired) electrons. The summed E-state index contributed by atoms with van der Waals surface area (Å²) in [5.74, 6) is -6.85. The van der Waals surface area contributed by atoms with Crippen LogP contribution in [0.25, 0.3) is 0 Å². The number of halogens is 3. The number of esters is 2. The summed E-state index contributed by atoms with van der Waals surface area (Å²) in [6, 6.07) is 4.59. The zero-order valence-corrected chi connectivity index (χ0v) is 18.2. The number of carbonyl (C=O) groups is 4. The number of hydrogen-bond donors (Lipinski definition) is 4. The van der Waals surface area contributed by atoms with Crippen LogP contribution in [-0.2, 0) is 35.1 Å². The van der Waals surface area contributed by atoms with Gasteiger partial charge in [0.25, 0.3) is 5.91 Å². The first-order valence-corrected chi connectivity index (χ1v) is 10.1. The molecule has 0 aromatic heterocycles. The van der Waals surface area contributed by atoms with Crippen molar-refractivity contribution in [2.75, 3.05) is 6.54 Å². The quantitative estimate of drug-likeness (QED) is 0.313. The smallest absolute Gasteiger partial charge is 0.471 e. The van der Waals surface area contributed by atoms with Gasteiger partial charge in [0.1, 0.15) is 0 Å². The van der Waals surface area contributed by atoms with Gasteiger partial charge in [0.15, 0.2) is 6.10 Å². The minimum absolute atomic E-state index is 0.0561. The number of amides is 2. The highest BCUT2D eigenvalue weighted by Crippen LogP contribution is 2.22. The van der Waals surface area contributed by atoms with Gasteiger partial charge in [-0.1, -0.05) is 24.3 Å². The zero-order valence-electron chi connectivity index (χ0n) is 18.2. The van der Waals surface area contributed by atoms with Crippen LogP contribution in [0.15, 0.2) is 36.1 Å². The van der Waals surface area contributed by atoms with Crippen LogP contribution >= 0.6 is 0 Å². The van der Waals surface area contributed by atoms with Gasteiger partial charge in [0.2, 0.25) is 11.7 Å². The minimum atomic E-state index is -5.43. The number of benzene rings is 1. The Morgan fingerprint density at radius 1 is 1.24 bits per heavy atom. The Labute approximate surface area is 192 Å². The summed E-state index contributed by atoms with van der Waals surface area (Å²) in [4.78, 5) is 47.2. The molecule has 1 aliphatic heterocycles. The number of aliphatic hydroxyl groups excluding tert-OH is 1. The van der Waals surface area contributed by atoms with Crippen molar-refractivity contribution in [1.82, 2.24) is 10.6 Å². The number of aliphatic hydroxyl groups is 1. The lowest BCUT2D eigenvalue weighted by molar-refractivity contribution is -0.201. The van der Waals surface area contributed by atoms with Crippen LogP contribution in [0.3, 0.4) is 0 Å². The van der Waals surface area contributed by atoms with Crippen molar-refractivity contribution in [1.29, 1.82) is 0 Å². The third-order valence-corrected chi connectivity index (χ3v) is 4.78. The van der Waals surface area contributed by atoms with Crippen molar-refractivity contribution in [2.45, 2.75) is 50.7 Å². The molecule has 13 heteroatoms. The summed E-state index contributed by atoms with van der Waals surface area (Å²) in [6.07, 6.45) is -6.63. The fourth-order valence-corrected chi connectivity index (χ4v) is 3.25. The molecule has 2 amide bonds. The van der Waals surface area contributed by atoms with E-state index in [9.17, 15) is 37.5 Å². The van der Waals surface area contributed by atoms with E-state index in [-0.39, 0.29) is 6.54 Å². The minimum Gasteiger partial charge on any atom is -0.471 e. The summed E-state index contributed by atoms with van der Waals surface area (Å²) in [7, 11) is 0. The van der Waals surface area contributed by atoms with Gasteiger partial charge in [-0.25, -0.2) is 9.59 Å². The Kier molecular flexibility index (Phi) is 8.76. The fourth-order valence-electron chi connectivity index (χ4n) is 3.25. The maximum atomic E-state index is 12.8. The molecule has 5 N–H and O–H groups in total. The lowest BCUT2D eigenvalue weighted by Gasteiger charge is -2.34. The van der Waals surface area contributed by atoms with Crippen molar-refractivity contribution in [3.63, 3.8) is 0 Å². The SMILES string of the molecule is CC(=O)N[C@@H]1[C@@H](N)C=C(C(=O)OC(=O)C(F)(F)F)O[C@H]1C(=O)NCCc1ccccc1C(C)O. The van der Waals surface area contributed by atoms with E-state index in [1.54, 1.807) is 31.2 Å². The van der Waals surface area contributed by atoms with Crippen LogP contribution in [0.4, 0.5) is 13.2 Å². The van der Waals surface area contributed by atoms with Crippen LogP contribution in [0.2, 0.25) is 0 Å². The van der Waals surface area contributed by atoms with E-state index in [0.717, 1.165) is 18.6 Å². The first-order chi connectivity index (χ1) is 15.8. The Morgan fingerprint density at radius 3 is 2.47 bits per heavy atom. The van der Waals surface area contributed by atoms with E-state index in [0.29, 0.717) is 12.0 Å². The molecule has 1 unspecified atom stereocenters. The highest BCUT2D eigenvalue weighted by atomic mass is 19.4. The first kappa shape index (κ1) is 26.8. The molecular formula is C21H24F3N3O7. The highest BCUT2D eigenvalue weighted by molar-refractivity contribution is 5.97. The van der Waals surface area contributed by atoms with Crippen LogP contribution in [0, 0.1) is 0 Å². The molecular weight excluding hydrogens is 463 g/mol. The Hall–Kier alpha value is -3.45. The van der Waals surface area contributed by atoms with Gasteiger partial charge in [0.05, 0.1) is 18.2 Å². The summed E-state index contributed by atoms with van der Waals surface area (Å²) in [5, 5.41) is 14.8. The molecule has 1 aromatic carbocycles. The Morgan fingerprint density at radius 2 is 1.88 bits per heavy atom. The summed E-state index contributed by atoms with van der Waals surface area (Å²) in [5.41, 5.74) is 7.29. The standard InChI is InChI=1S/C21H24F3N3O7/c1-10(28)13-6-4-3-5-12(13)7-8-26-18(30)17-16(27-11(2)29)14(25)9-15(33-17)19(31)34-20(32)21(22,23)24/h3-6,9-10,14,16-17,28H,7-8,25H2,1-2H3,(H,26,30)(H,27,29)/t10?,14-,16+,17+/m0/s1. The van der Waals surface area contributed by atoms with E-state index in [1.165, 1.54) is 0 Å². The topological polar surface area (TPSA) is 157 Å². The molecule has 10 nitrogen and oxygen atoms in total. The van der Waals surface area contributed by atoms with Crippen molar-refractivity contribution in [2.24, 2.45) is 5.73 Å². The number of alkyl halides is 3. The predicted molar refractivity (Wildman–Crippen MR) is 109 cm³/mol. The van der Waals surface area contributed by atoms with E-state index < -0.39 is 60.0 Å². The second-order valence-corrected chi connectivity index (χ2v) is 7.46. The lowest BCUT2D eigenvalue weighted by atomic mass is 9.97. The maximum absolute atomic E-state index is 12.8. The summed E-state index contributed by atoms with van der Waals surface area (Å²) in [6.45, 7) is 2.79. The average molecular weight is 487 g/mol. The van der Waals surface area contributed by atoms with Gasteiger partial charge in [-0.2, -0.15) is 13.2 Å². The van der Waals surface area contributed by atoms with Crippen molar-refractivity contribution in [3.8, 4) is 0 Å². The van der Waals surface area contributed by atoms with Gasteiger partial charge in [-0.3, -0.25) is 9.59 Å². The van der Waals surface area contributed by atoms with E-state index in [2.05, 4.69) is 15.4 Å².